The highest BCUT2D eigenvalue weighted by molar-refractivity contribution is 6.30. The van der Waals surface area contributed by atoms with E-state index in [1.54, 1.807) is 0 Å². The summed E-state index contributed by atoms with van der Waals surface area (Å²) in [5, 5.41) is 10.4. The molecule has 2 rings (SSSR count). The van der Waals surface area contributed by atoms with Crippen molar-refractivity contribution in [2.45, 2.75) is 62.7 Å². The van der Waals surface area contributed by atoms with Gasteiger partial charge in [-0.05, 0) is 61.6 Å². The minimum atomic E-state index is -1.06. The molecule has 23 heavy (non-hydrogen) atoms. The number of carbonyl (C=O) groups is 1. The minimum Gasteiger partial charge on any atom is -0.480 e. The third kappa shape index (κ3) is 4.51. The van der Waals surface area contributed by atoms with Gasteiger partial charge in [-0.3, -0.25) is 4.79 Å². The van der Waals surface area contributed by atoms with E-state index in [0.717, 1.165) is 49.9 Å². The van der Waals surface area contributed by atoms with Gasteiger partial charge in [0.1, 0.15) is 13.4 Å². The summed E-state index contributed by atoms with van der Waals surface area (Å²) >= 11 is 5.95. The molecule has 0 aromatic heterocycles. The monoisotopic (exact) mass is 335 g/mol. The summed E-state index contributed by atoms with van der Waals surface area (Å²) in [5.41, 5.74) is 6.59. The van der Waals surface area contributed by atoms with Gasteiger partial charge in [-0.1, -0.05) is 42.9 Å². The van der Waals surface area contributed by atoms with Gasteiger partial charge >= 0.3 is 5.97 Å². The molecule has 1 aromatic rings. The lowest BCUT2D eigenvalue weighted by Gasteiger charge is -2.38. The van der Waals surface area contributed by atoms with Crippen LogP contribution >= 0.6 is 11.6 Å². The van der Waals surface area contributed by atoms with Crippen molar-refractivity contribution in [2.75, 3.05) is 0 Å². The summed E-state index contributed by atoms with van der Waals surface area (Å²) in [5.74, 6) is -0.249. The molecule has 0 radical (unpaired) electrons. The number of aliphatic carboxylic acids is 1. The molecule has 3 N–H and O–H groups in total. The van der Waals surface area contributed by atoms with E-state index in [2.05, 4.69) is 20.0 Å². The summed E-state index contributed by atoms with van der Waals surface area (Å²) in [6.45, 7) is 0. The predicted molar refractivity (Wildman–Crippen MR) is 97.9 cm³/mol. The maximum Gasteiger partial charge on any atom is 0.323 e. The van der Waals surface area contributed by atoms with Gasteiger partial charge in [-0.25, -0.2) is 0 Å². The Balaban J connectivity index is 1.97. The molecule has 3 nitrogen and oxygen atoms in total. The molecule has 0 aliphatic heterocycles. The van der Waals surface area contributed by atoms with Crippen LogP contribution in [0.25, 0.3) is 0 Å². The van der Waals surface area contributed by atoms with Crippen molar-refractivity contribution in [2.24, 2.45) is 11.7 Å². The topological polar surface area (TPSA) is 63.3 Å². The molecular weight excluding hydrogens is 308 g/mol. The summed E-state index contributed by atoms with van der Waals surface area (Å²) < 4.78 is 0. The van der Waals surface area contributed by atoms with E-state index in [1.807, 2.05) is 12.1 Å². The first-order valence-corrected chi connectivity index (χ1v) is 9.13. The Morgan fingerprint density at radius 1 is 1.22 bits per heavy atom. The zero-order valence-corrected chi connectivity index (χ0v) is 14.7. The van der Waals surface area contributed by atoms with Crippen molar-refractivity contribution in [3.8, 4) is 0 Å². The third-order valence-electron chi connectivity index (χ3n) is 5.39. The van der Waals surface area contributed by atoms with Crippen molar-refractivity contribution >= 4 is 25.4 Å². The average Bonchev–Trinajstić information content (AvgIpc) is 2.55. The Kier molecular flexibility index (Phi) is 6.55. The number of hydrogen-bond acceptors (Lipinski definition) is 2. The summed E-state index contributed by atoms with van der Waals surface area (Å²) in [4.78, 5) is 11.8. The maximum absolute atomic E-state index is 11.8. The number of rotatable bonds is 7. The van der Waals surface area contributed by atoms with E-state index in [4.69, 9.17) is 17.3 Å². The number of benzene rings is 1. The highest BCUT2D eigenvalue weighted by atomic mass is 35.5. The smallest absolute Gasteiger partial charge is 0.323 e. The fraction of sp³-hybridized carbons (Fsp3) is 0.611. The van der Waals surface area contributed by atoms with Crippen LogP contribution in [0.2, 0.25) is 11.3 Å². The number of hydrogen-bond donors (Lipinski definition) is 2. The van der Waals surface area contributed by atoms with E-state index in [0.29, 0.717) is 12.3 Å². The van der Waals surface area contributed by atoms with Gasteiger partial charge in [-0.2, -0.15) is 0 Å². The van der Waals surface area contributed by atoms with Crippen LogP contribution in [0.3, 0.4) is 0 Å². The van der Waals surface area contributed by atoms with Gasteiger partial charge in [0, 0.05) is 5.02 Å². The zero-order valence-electron chi connectivity index (χ0n) is 13.9. The highest BCUT2D eigenvalue weighted by Gasteiger charge is 2.43. The number of unbranched alkanes of at least 4 members (excludes halogenated alkanes) is 1. The molecule has 0 spiro atoms. The van der Waals surface area contributed by atoms with Gasteiger partial charge in [0.2, 0.25) is 0 Å². The summed E-state index contributed by atoms with van der Waals surface area (Å²) in [6, 6.07) is 8.03. The number of halogens is 1. The maximum atomic E-state index is 11.8. The van der Waals surface area contributed by atoms with Crippen LogP contribution < -0.4 is 5.73 Å². The van der Waals surface area contributed by atoms with Gasteiger partial charge in [0.25, 0.3) is 0 Å². The first kappa shape index (κ1) is 18.3. The first-order valence-electron chi connectivity index (χ1n) is 8.75. The molecule has 0 heterocycles. The third-order valence-corrected chi connectivity index (χ3v) is 5.64. The van der Waals surface area contributed by atoms with Crippen LogP contribution in [0.1, 0.15) is 56.4 Å². The predicted octanol–water partition coefficient (Wildman–Crippen LogP) is 3.62. The standard InChI is InChI=1S/C18H27BClNO2/c19-12-2-1-11-18(21,17(22)23)15-7-3-13(4-8-15)14-5-9-16(20)10-6-14/h5-6,9-10,13,15H,1-4,7-8,11-12,19,21H2,(H,22,23). The zero-order chi connectivity index (χ0) is 16.9. The fourth-order valence-corrected chi connectivity index (χ4v) is 3.96. The van der Waals surface area contributed by atoms with Crippen LogP contribution in [0.4, 0.5) is 0 Å². The molecule has 1 atom stereocenters. The molecule has 5 heteroatoms. The summed E-state index contributed by atoms with van der Waals surface area (Å²) in [7, 11) is 2.12. The SMILES string of the molecule is BCCCCC(N)(C(=O)O)C1CCC(c2ccc(Cl)cc2)CC1. The molecule has 0 amide bonds. The molecule has 0 saturated heterocycles. The Bertz CT molecular complexity index is 514. The molecule has 1 aliphatic carbocycles. The lowest BCUT2D eigenvalue weighted by Crippen LogP contribution is -2.54. The van der Waals surface area contributed by atoms with Crippen LogP contribution in [0, 0.1) is 5.92 Å². The number of nitrogens with two attached hydrogens (primary N) is 1. The Hall–Kier alpha value is -0.995. The number of carboxylic acid groups (broad SMARTS) is 1. The van der Waals surface area contributed by atoms with Crippen LogP contribution in [0.15, 0.2) is 24.3 Å². The second kappa shape index (κ2) is 8.21. The van der Waals surface area contributed by atoms with Crippen molar-refractivity contribution in [3.05, 3.63) is 34.9 Å². The Morgan fingerprint density at radius 2 is 1.83 bits per heavy atom. The molecule has 0 bridgehead atoms. The average molecular weight is 336 g/mol. The van der Waals surface area contributed by atoms with Crippen LogP contribution in [-0.4, -0.2) is 24.5 Å². The lowest BCUT2D eigenvalue weighted by molar-refractivity contribution is -0.146. The van der Waals surface area contributed by atoms with Gasteiger partial charge in [-0.15, -0.1) is 0 Å². The molecule has 126 valence electrons. The second-order valence-electron chi connectivity index (χ2n) is 6.90. The van der Waals surface area contributed by atoms with Crippen molar-refractivity contribution in [1.82, 2.24) is 0 Å². The van der Waals surface area contributed by atoms with Crippen LogP contribution in [-0.2, 0) is 4.79 Å². The first-order chi connectivity index (χ1) is 11.0. The lowest BCUT2D eigenvalue weighted by atomic mass is 9.69. The number of carboxylic acids is 1. The van der Waals surface area contributed by atoms with E-state index in [9.17, 15) is 9.90 Å². The van der Waals surface area contributed by atoms with Crippen molar-refractivity contribution < 1.29 is 9.90 Å². The molecule has 1 unspecified atom stereocenters. The van der Waals surface area contributed by atoms with Gasteiger partial charge in [0.05, 0.1) is 0 Å². The minimum absolute atomic E-state index is 0.0837. The largest absolute Gasteiger partial charge is 0.480 e. The molecule has 1 aromatic carbocycles. The quantitative estimate of drug-likeness (QED) is 0.591. The van der Waals surface area contributed by atoms with Crippen LogP contribution in [0.5, 0.6) is 0 Å². The van der Waals surface area contributed by atoms with E-state index < -0.39 is 11.5 Å². The van der Waals surface area contributed by atoms with E-state index in [-0.39, 0.29) is 5.92 Å². The molecule has 1 aliphatic rings. The van der Waals surface area contributed by atoms with E-state index >= 15 is 0 Å². The van der Waals surface area contributed by atoms with E-state index in [1.165, 1.54) is 5.56 Å². The van der Waals surface area contributed by atoms with Gasteiger partial charge in [0.15, 0.2) is 0 Å². The second-order valence-corrected chi connectivity index (χ2v) is 7.34. The normalized spacial score (nSPS) is 24.1. The van der Waals surface area contributed by atoms with Crippen molar-refractivity contribution in [1.29, 1.82) is 0 Å². The molecule has 1 fully saturated rings. The molecule has 1 saturated carbocycles. The highest BCUT2D eigenvalue weighted by Crippen LogP contribution is 2.41. The van der Waals surface area contributed by atoms with Gasteiger partial charge < -0.3 is 10.8 Å². The Labute approximate surface area is 145 Å². The molecular formula is C18H27BClNO2. The van der Waals surface area contributed by atoms with Crippen molar-refractivity contribution in [3.63, 3.8) is 0 Å². The summed E-state index contributed by atoms with van der Waals surface area (Å²) in [6.07, 6.45) is 7.41. The fourth-order valence-electron chi connectivity index (χ4n) is 3.83. The Morgan fingerprint density at radius 3 is 2.35 bits per heavy atom.